The molecule has 1 N–H and O–H groups in total. The van der Waals surface area contributed by atoms with Crippen LogP contribution >= 0.6 is 0 Å². The lowest BCUT2D eigenvalue weighted by molar-refractivity contribution is 0.386. The Balaban J connectivity index is 1.73. The molecule has 3 atom stereocenters. The first-order chi connectivity index (χ1) is 7.78. The number of nitrogens with zero attached hydrogens (tertiary/aromatic N) is 3. The molecule has 0 aliphatic heterocycles. The first-order valence-corrected chi connectivity index (χ1v) is 6.36. The Morgan fingerprint density at radius 1 is 1.50 bits per heavy atom. The molecule has 4 nitrogen and oxygen atoms in total. The minimum absolute atomic E-state index is 0.474. The quantitative estimate of drug-likeness (QED) is 0.826. The lowest BCUT2D eigenvalue weighted by Crippen LogP contribution is -2.37. The number of hydrogen-bond donors (Lipinski definition) is 1. The second-order valence-corrected chi connectivity index (χ2v) is 4.97. The zero-order valence-electron chi connectivity index (χ0n) is 10.3. The number of nitrogens with one attached hydrogen (secondary N) is 1. The summed E-state index contributed by atoms with van der Waals surface area (Å²) in [6, 6.07) is 1.19. The van der Waals surface area contributed by atoms with Crippen LogP contribution in [-0.4, -0.2) is 26.8 Å². The average Bonchev–Trinajstić information content (AvgIpc) is 2.89. The Morgan fingerprint density at radius 2 is 2.38 bits per heavy atom. The predicted molar refractivity (Wildman–Crippen MR) is 64.0 cm³/mol. The summed E-state index contributed by atoms with van der Waals surface area (Å²) in [7, 11) is 0. The monoisotopic (exact) mass is 222 g/mol. The van der Waals surface area contributed by atoms with Crippen LogP contribution in [0.4, 0.5) is 0 Å². The molecule has 1 aromatic rings. The Labute approximate surface area is 97.5 Å². The van der Waals surface area contributed by atoms with E-state index in [2.05, 4.69) is 29.2 Å². The molecule has 1 aliphatic rings. The average molecular weight is 222 g/mol. The molecule has 90 valence electrons. The SMILES string of the molecule is CCC1CCC(NC(C)Cn2cncn2)C1. The van der Waals surface area contributed by atoms with Crippen LogP contribution in [0.2, 0.25) is 0 Å². The van der Waals surface area contributed by atoms with Crippen molar-refractivity contribution in [2.45, 2.75) is 58.2 Å². The molecular formula is C12H22N4. The first-order valence-electron chi connectivity index (χ1n) is 6.36. The Kier molecular flexibility index (Phi) is 3.93. The molecule has 1 heterocycles. The number of hydrogen-bond acceptors (Lipinski definition) is 3. The van der Waals surface area contributed by atoms with Crippen molar-refractivity contribution in [2.24, 2.45) is 5.92 Å². The fraction of sp³-hybridized carbons (Fsp3) is 0.833. The second-order valence-electron chi connectivity index (χ2n) is 4.97. The molecule has 16 heavy (non-hydrogen) atoms. The largest absolute Gasteiger partial charge is 0.310 e. The maximum atomic E-state index is 4.13. The van der Waals surface area contributed by atoms with E-state index in [-0.39, 0.29) is 0 Å². The van der Waals surface area contributed by atoms with Gasteiger partial charge in [-0.15, -0.1) is 0 Å². The summed E-state index contributed by atoms with van der Waals surface area (Å²) in [5, 5.41) is 7.82. The molecule has 0 saturated heterocycles. The smallest absolute Gasteiger partial charge is 0.137 e. The summed E-state index contributed by atoms with van der Waals surface area (Å²) in [4.78, 5) is 3.96. The third-order valence-electron chi connectivity index (χ3n) is 3.57. The van der Waals surface area contributed by atoms with E-state index >= 15 is 0 Å². The van der Waals surface area contributed by atoms with Gasteiger partial charge in [0.1, 0.15) is 12.7 Å². The fourth-order valence-corrected chi connectivity index (χ4v) is 2.66. The molecule has 0 radical (unpaired) electrons. The van der Waals surface area contributed by atoms with Crippen molar-refractivity contribution < 1.29 is 0 Å². The molecule has 1 saturated carbocycles. The Morgan fingerprint density at radius 3 is 3.00 bits per heavy atom. The first kappa shape index (κ1) is 11.6. The van der Waals surface area contributed by atoms with E-state index in [1.54, 1.807) is 12.7 Å². The topological polar surface area (TPSA) is 42.7 Å². The van der Waals surface area contributed by atoms with Gasteiger partial charge in [0.15, 0.2) is 0 Å². The number of aromatic nitrogens is 3. The molecule has 3 unspecified atom stereocenters. The molecular weight excluding hydrogens is 200 g/mol. The van der Waals surface area contributed by atoms with Gasteiger partial charge in [-0.05, 0) is 32.1 Å². The van der Waals surface area contributed by atoms with Gasteiger partial charge in [0, 0.05) is 12.1 Å². The van der Waals surface area contributed by atoms with Crippen LogP contribution in [0.5, 0.6) is 0 Å². The van der Waals surface area contributed by atoms with Crippen LogP contribution < -0.4 is 5.32 Å². The van der Waals surface area contributed by atoms with E-state index in [9.17, 15) is 0 Å². The third kappa shape index (κ3) is 3.04. The minimum Gasteiger partial charge on any atom is -0.310 e. The molecule has 0 amide bonds. The molecule has 0 bridgehead atoms. The van der Waals surface area contributed by atoms with E-state index in [0.29, 0.717) is 12.1 Å². The number of rotatable bonds is 5. The molecule has 4 heteroatoms. The molecule has 1 fully saturated rings. The van der Waals surface area contributed by atoms with Crippen LogP contribution in [0.3, 0.4) is 0 Å². The van der Waals surface area contributed by atoms with Gasteiger partial charge in [0.25, 0.3) is 0 Å². The van der Waals surface area contributed by atoms with Crippen LogP contribution in [0.1, 0.15) is 39.5 Å². The van der Waals surface area contributed by atoms with Crippen LogP contribution in [0.15, 0.2) is 12.7 Å². The van der Waals surface area contributed by atoms with Gasteiger partial charge >= 0.3 is 0 Å². The van der Waals surface area contributed by atoms with Crippen LogP contribution in [-0.2, 0) is 6.54 Å². The van der Waals surface area contributed by atoms with E-state index < -0.39 is 0 Å². The zero-order chi connectivity index (χ0) is 11.4. The van der Waals surface area contributed by atoms with E-state index in [0.717, 1.165) is 12.5 Å². The summed E-state index contributed by atoms with van der Waals surface area (Å²) in [6.07, 6.45) is 8.77. The van der Waals surface area contributed by atoms with Crippen molar-refractivity contribution >= 4 is 0 Å². The maximum absolute atomic E-state index is 4.13. The van der Waals surface area contributed by atoms with Crippen molar-refractivity contribution in [3.63, 3.8) is 0 Å². The maximum Gasteiger partial charge on any atom is 0.137 e. The lowest BCUT2D eigenvalue weighted by Gasteiger charge is -2.19. The van der Waals surface area contributed by atoms with Crippen LogP contribution in [0, 0.1) is 5.92 Å². The van der Waals surface area contributed by atoms with E-state index in [1.165, 1.54) is 25.7 Å². The normalized spacial score (nSPS) is 27.1. The van der Waals surface area contributed by atoms with Gasteiger partial charge < -0.3 is 5.32 Å². The highest BCUT2D eigenvalue weighted by Gasteiger charge is 2.24. The van der Waals surface area contributed by atoms with Crippen molar-refractivity contribution in [1.82, 2.24) is 20.1 Å². The van der Waals surface area contributed by atoms with Gasteiger partial charge in [-0.25, -0.2) is 4.98 Å². The van der Waals surface area contributed by atoms with Gasteiger partial charge in [0.2, 0.25) is 0 Å². The molecule has 1 aromatic heterocycles. The molecule has 0 spiro atoms. The van der Waals surface area contributed by atoms with Crippen molar-refractivity contribution in [3.8, 4) is 0 Å². The second kappa shape index (κ2) is 5.43. The summed E-state index contributed by atoms with van der Waals surface area (Å²) in [6.45, 7) is 5.43. The summed E-state index contributed by atoms with van der Waals surface area (Å²) in [5.74, 6) is 0.941. The summed E-state index contributed by atoms with van der Waals surface area (Å²) in [5.41, 5.74) is 0. The summed E-state index contributed by atoms with van der Waals surface area (Å²) < 4.78 is 1.89. The van der Waals surface area contributed by atoms with Crippen molar-refractivity contribution in [2.75, 3.05) is 0 Å². The fourth-order valence-electron chi connectivity index (χ4n) is 2.66. The zero-order valence-corrected chi connectivity index (χ0v) is 10.3. The molecule has 2 rings (SSSR count). The highest BCUT2D eigenvalue weighted by atomic mass is 15.3. The van der Waals surface area contributed by atoms with Crippen LogP contribution in [0.25, 0.3) is 0 Å². The molecule has 0 aromatic carbocycles. The Hall–Kier alpha value is -0.900. The lowest BCUT2D eigenvalue weighted by atomic mass is 10.1. The highest BCUT2D eigenvalue weighted by molar-refractivity contribution is 4.81. The van der Waals surface area contributed by atoms with Crippen molar-refractivity contribution in [3.05, 3.63) is 12.7 Å². The van der Waals surface area contributed by atoms with Gasteiger partial charge in [0.05, 0.1) is 6.54 Å². The third-order valence-corrected chi connectivity index (χ3v) is 3.57. The Bertz CT molecular complexity index is 296. The van der Waals surface area contributed by atoms with Crippen molar-refractivity contribution in [1.29, 1.82) is 0 Å². The standard InChI is InChI=1S/C12H22N4/c1-3-11-4-5-12(6-11)15-10(2)7-16-9-13-8-14-16/h8-12,15H,3-7H2,1-2H3. The van der Waals surface area contributed by atoms with Gasteiger partial charge in [-0.2, -0.15) is 5.10 Å². The van der Waals surface area contributed by atoms with E-state index in [4.69, 9.17) is 0 Å². The highest BCUT2D eigenvalue weighted by Crippen LogP contribution is 2.28. The van der Waals surface area contributed by atoms with Gasteiger partial charge in [-0.1, -0.05) is 13.3 Å². The van der Waals surface area contributed by atoms with Gasteiger partial charge in [-0.3, -0.25) is 4.68 Å². The minimum atomic E-state index is 0.474. The predicted octanol–water partition coefficient (Wildman–Crippen LogP) is 1.83. The van der Waals surface area contributed by atoms with E-state index in [1.807, 2.05) is 4.68 Å². The summed E-state index contributed by atoms with van der Waals surface area (Å²) >= 11 is 0. The molecule has 1 aliphatic carbocycles.